The van der Waals surface area contributed by atoms with E-state index in [2.05, 4.69) is 19.2 Å². The maximum atomic E-state index is 12.0. The standard InChI is InChI=1S/C16H32N2O2/c1-4-16(5-2)13(12-14(16)20-3)18-15(19)10-8-6-7-9-11-17/h13-14H,4-12,17H2,1-3H3,(H,18,19). The molecule has 0 aromatic heterocycles. The zero-order valence-corrected chi connectivity index (χ0v) is 13.4. The van der Waals surface area contributed by atoms with Crippen molar-refractivity contribution in [1.82, 2.24) is 5.32 Å². The molecule has 0 spiro atoms. The van der Waals surface area contributed by atoms with E-state index in [-0.39, 0.29) is 11.3 Å². The molecule has 0 aliphatic heterocycles. The topological polar surface area (TPSA) is 64.4 Å². The Hall–Kier alpha value is -0.610. The smallest absolute Gasteiger partial charge is 0.220 e. The van der Waals surface area contributed by atoms with E-state index in [0.717, 1.165) is 51.5 Å². The number of ether oxygens (including phenoxy) is 1. The van der Waals surface area contributed by atoms with Gasteiger partial charge in [0.25, 0.3) is 0 Å². The lowest BCUT2D eigenvalue weighted by atomic mass is 9.58. The number of methoxy groups -OCH3 is 1. The van der Waals surface area contributed by atoms with Crippen molar-refractivity contribution >= 4 is 5.91 Å². The molecule has 1 rings (SSSR count). The fourth-order valence-electron chi connectivity index (χ4n) is 3.53. The highest BCUT2D eigenvalue weighted by atomic mass is 16.5. The quantitative estimate of drug-likeness (QED) is 0.606. The van der Waals surface area contributed by atoms with Crippen LogP contribution in [0.5, 0.6) is 0 Å². The van der Waals surface area contributed by atoms with Crippen molar-refractivity contribution in [2.24, 2.45) is 11.1 Å². The molecular formula is C16H32N2O2. The van der Waals surface area contributed by atoms with Gasteiger partial charge in [-0.25, -0.2) is 0 Å². The molecule has 4 heteroatoms. The Morgan fingerprint density at radius 2 is 1.90 bits per heavy atom. The summed E-state index contributed by atoms with van der Waals surface area (Å²) in [4.78, 5) is 12.0. The number of amides is 1. The molecule has 4 nitrogen and oxygen atoms in total. The molecule has 2 atom stereocenters. The molecular weight excluding hydrogens is 252 g/mol. The molecule has 0 bridgehead atoms. The largest absolute Gasteiger partial charge is 0.381 e. The van der Waals surface area contributed by atoms with Crippen molar-refractivity contribution < 1.29 is 9.53 Å². The molecule has 1 amide bonds. The lowest BCUT2D eigenvalue weighted by molar-refractivity contribution is -0.141. The van der Waals surface area contributed by atoms with Crippen molar-refractivity contribution in [3.8, 4) is 0 Å². The summed E-state index contributed by atoms with van der Waals surface area (Å²) < 4.78 is 5.56. The van der Waals surface area contributed by atoms with Gasteiger partial charge in [-0.15, -0.1) is 0 Å². The Morgan fingerprint density at radius 3 is 2.45 bits per heavy atom. The molecule has 0 heterocycles. The molecule has 0 aromatic rings. The van der Waals surface area contributed by atoms with E-state index in [1.165, 1.54) is 0 Å². The second-order valence-corrected chi connectivity index (χ2v) is 5.97. The monoisotopic (exact) mass is 284 g/mol. The van der Waals surface area contributed by atoms with E-state index in [0.29, 0.717) is 18.6 Å². The van der Waals surface area contributed by atoms with Crippen LogP contribution in [0.3, 0.4) is 0 Å². The van der Waals surface area contributed by atoms with Crippen LogP contribution in [0.4, 0.5) is 0 Å². The number of carbonyl (C=O) groups excluding carboxylic acids is 1. The first-order chi connectivity index (χ1) is 9.64. The van der Waals surface area contributed by atoms with Gasteiger partial charge in [0.2, 0.25) is 5.91 Å². The number of nitrogens with one attached hydrogen (secondary N) is 1. The molecule has 3 N–H and O–H groups in total. The van der Waals surface area contributed by atoms with Gasteiger partial charge >= 0.3 is 0 Å². The fraction of sp³-hybridized carbons (Fsp3) is 0.938. The van der Waals surface area contributed by atoms with Crippen molar-refractivity contribution in [3.05, 3.63) is 0 Å². The van der Waals surface area contributed by atoms with Crippen molar-refractivity contribution in [2.75, 3.05) is 13.7 Å². The van der Waals surface area contributed by atoms with E-state index >= 15 is 0 Å². The average Bonchev–Trinajstić information content (AvgIpc) is 2.44. The minimum Gasteiger partial charge on any atom is -0.381 e. The van der Waals surface area contributed by atoms with Gasteiger partial charge in [-0.3, -0.25) is 4.79 Å². The number of rotatable bonds is 10. The minimum absolute atomic E-state index is 0.143. The predicted octanol–water partition coefficient (Wildman–Crippen LogP) is 2.61. The van der Waals surface area contributed by atoms with E-state index in [1.54, 1.807) is 7.11 Å². The first-order valence-corrected chi connectivity index (χ1v) is 8.16. The summed E-state index contributed by atoms with van der Waals surface area (Å²) in [7, 11) is 1.78. The zero-order valence-electron chi connectivity index (χ0n) is 13.4. The van der Waals surface area contributed by atoms with Gasteiger partial charge in [-0.2, -0.15) is 0 Å². The van der Waals surface area contributed by atoms with Crippen LogP contribution in [-0.4, -0.2) is 31.7 Å². The Labute approximate surface area is 123 Å². The van der Waals surface area contributed by atoms with E-state index in [1.807, 2.05) is 0 Å². The van der Waals surface area contributed by atoms with Gasteiger partial charge in [-0.1, -0.05) is 26.7 Å². The molecule has 1 aliphatic carbocycles. The van der Waals surface area contributed by atoms with Crippen LogP contribution < -0.4 is 11.1 Å². The van der Waals surface area contributed by atoms with Crippen LogP contribution in [-0.2, 0) is 9.53 Å². The molecule has 0 aromatic carbocycles. The Morgan fingerprint density at radius 1 is 1.25 bits per heavy atom. The molecule has 1 saturated carbocycles. The molecule has 20 heavy (non-hydrogen) atoms. The lowest BCUT2D eigenvalue weighted by Gasteiger charge is -2.55. The Balaban J connectivity index is 2.31. The molecule has 118 valence electrons. The number of unbranched alkanes of at least 4 members (excludes halogenated alkanes) is 3. The summed E-state index contributed by atoms with van der Waals surface area (Å²) in [6.45, 7) is 5.14. The maximum absolute atomic E-state index is 12.0. The lowest BCUT2D eigenvalue weighted by Crippen LogP contribution is -2.64. The third-order valence-corrected chi connectivity index (χ3v) is 5.08. The molecule has 1 aliphatic rings. The summed E-state index contributed by atoms with van der Waals surface area (Å²) in [5, 5.41) is 3.22. The van der Waals surface area contributed by atoms with Gasteiger partial charge in [-0.05, 0) is 38.6 Å². The van der Waals surface area contributed by atoms with Gasteiger partial charge < -0.3 is 15.8 Å². The highest BCUT2D eigenvalue weighted by Crippen LogP contribution is 2.48. The second-order valence-electron chi connectivity index (χ2n) is 5.97. The third kappa shape index (κ3) is 3.95. The number of carbonyl (C=O) groups is 1. The number of hydrogen-bond acceptors (Lipinski definition) is 3. The number of nitrogens with two attached hydrogens (primary N) is 1. The van der Waals surface area contributed by atoms with Crippen LogP contribution in [0.15, 0.2) is 0 Å². The Bertz CT molecular complexity index is 290. The highest BCUT2D eigenvalue weighted by Gasteiger charge is 2.53. The summed E-state index contributed by atoms with van der Waals surface area (Å²) in [6.07, 6.45) is 8.28. The van der Waals surface area contributed by atoms with Gasteiger partial charge in [0.15, 0.2) is 0 Å². The zero-order chi connectivity index (χ0) is 15.0. The SMILES string of the molecule is CCC1(CC)C(NC(=O)CCCCCCN)CC1OC. The molecule has 0 saturated heterocycles. The molecule has 0 radical (unpaired) electrons. The van der Waals surface area contributed by atoms with E-state index < -0.39 is 0 Å². The van der Waals surface area contributed by atoms with Crippen molar-refractivity contribution in [2.45, 2.75) is 77.4 Å². The van der Waals surface area contributed by atoms with Crippen LogP contribution >= 0.6 is 0 Å². The van der Waals surface area contributed by atoms with Crippen molar-refractivity contribution in [3.63, 3.8) is 0 Å². The summed E-state index contributed by atoms with van der Waals surface area (Å²) >= 11 is 0. The first kappa shape index (κ1) is 17.4. The number of hydrogen-bond donors (Lipinski definition) is 2. The maximum Gasteiger partial charge on any atom is 0.220 e. The predicted molar refractivity (Wildman–Crippen MR) is 82.5 cm³/mol. The van der Waals surface area contributed by atoms with Gasteiger partial charge in [0.1, 0.15) is 0 Å². The van der Waals surface area contributed by atoms with Gasteiger partial charge in [0, 0.05) is 25.0 Å². The van der Waals surface area contributed by atoms with Crippen LogP contribution in [0, 0.1) is 5.41 Å². The molecule has 2 unspecified atom stereocenters. The summed E-state index contributed by atoms with van der Waals surface area (Å²) in [6, 6.07) is 0.291. The van der Waals surface area contributed by atoms with Gasteiger partial charge in [0.05, 0.1) is 6.10 Å². The third-order valence-electron chi connectivity index (χ3n) is 5.08. The average molecular weight is 284 g/mol. The Kier molecular flexibility index (Phi) is 7.52. The molecule has 1 fully saturated rings. The van der Waals surface area contributed by atoms with E-state index in [4.69, 9.17) is 10.5 Å². The van der Waals surface area contributed by atoms with Crippen LogP contribution in [0.1, 0.15) is 65.2 Å². The first-order valence-electron chi connectivity index (χ1n) is 8.16. The van der Waals surface area contributed by atoms with Crippen LogP contribution in [0.25, 0.3) is 0 Å². The second kappa shape index (κ2) is 8.63. The highest BCUT2D eigenvalue weighted by molar-refractivity contribution is 5.76. The fourth-order valence-corrected chi connectivity index (χ4v) is 3.53. The van der Waals surface area contributed by atoms with E-state index in [9.17, 15) is 4.79 Å². The van der Waals surface area contributed by atoms with Crippen molar-refractivity contribution in [1.29, 1.82) is 0 Å². The summed E-state index contributed by atoms with van der Waals surface area (Å²) in [5.41, 5.74) is 5.60. The normalized spacial score (nSPS) is 24.2. The minimum atomic E-state index is 0.143. The summed E-state index contributed by atoms with van der Waals surface area (Å²) in [5.74, 6) is 0.198. The van der Waals surface area contributed by atoms with Crippen LogP contribution in [0.2, 0.25) is 0 Å².